The molecule has 1 aliphatic rings. The van der Waals surface area contributed by atoms with Crippen LogP contribution in [-0.4, -0.2) is 28.4 Å². The quantitative estimate of drug-likeness (QED) is 0.839. The maximum atomic E-state index is 12.4. The lowest BCUT2D eigenvalue weighted by molar-refractivity contribution is -0.148. The third-order valence-electron chi connectivity index (χ3n) is 3.23. The maximum absolute atomic E-state index is 12.4. The zero-order valence-electron chi connectivity index (χ0n) is 10.3. The van der Waals surface area contributed by atoms with Crippen LogP contribution in [-0.2, 0) is 22.3 Å². The Labute approximate surface area is 107 Å². The molecule has 0 spiro atoms. The molecule has 19 heavy (non-hydrogen) atoms. The number of methoxy groups -OCH3 is 1. The molecular weight excluding hydrogens is 263 g/mol. The van der Waals surface area contributed by atoms with Gasteiger partial charge in [-0.15, -0.1) is 0 Å². The van der Waals surface area contributed by atoms with Gasteiger partial charge in [-0.25, -0.2) is 4.79 Å². The van der Waals surface area contributed by atoms with E-state index >= 15 is 0 Å². The summed E-state index contributed by atoms with van der Waals surface area (Å²) in [6.07, 6.45) is -1.82. The number of rotatable bonds is 4. The van der Waals surface area contributed by atoms with Crippen LogP contribution in [0.1, 0.15) is 18.5 Å². The Balaban J connectivity index is 2.18. The standard InChI is InChI=1S/C11H14F3N3O2/c1-19-9(18)10(15,7-2-3-7)6-17-5-4-8(16-17)11(12,13)14/h4-5,7H,2-3,6,15H2,1H3. The Hall–Kier alpha value is -1.57. The van der Waals surface area contributed by atoms with Gasteiger partial charge in [0, 0.05) is 6.20 Å². The van der Waals surface area contributed by atoms with E-state index in [9.17, 15) is 18.0 Å². The largest absolute Gasteiger partial charge is 0.468 e. The lowest BCUT2D eigenvalue weighted by Gasteiger charge is -2.26. The molecule has 1 fully saturated rings. The summed E-state index contributed by atoms with van der Waals surface area (Å²) < 4.78 is 43.0. The first-order chi connectivity index (χ1) is 8.77. The summed E-state index contributed by atoms with van der Waals surface area (Å²) in [5.74, 6) is -0.697. The number of esters is 1. The van der Waals surface area contributed by atoms with Gasteiger partial charge < -0.3 is 10.5 Å². The average Bonchev–Trinajstić information content (AvgIpc) is 3.08. The van der Waals surface area contributed by atoms with Crippen molar-refractivity contribution in [2.24, 2.45) is 11.7 Å². The maximum Gasteiger partial charge on any atom is 0.435 e. The first-order valence-electron chi connectivity index (χ1n) is 5.75. The summed E-state index contributed by atoms with van der Waals surface area (Å²) in [5, 5.41) is 3.40. The third-order valence-corrected chi connectivity index (χ3v) is 3.23. The number of aromatic nitrogens is 2. The molecule has 1 unspecified atom stereocenters. The van der Waals surface area contributed by atoms with Gasteiger partial charge >= 0.3 is 12.1 Å². The van der Waals surface area contributed by atoms with Crippen LogP contribution in [0.3, 0.4) is 0 Å². The van der Waals surface area contributed by atoms with Crippen molar-refractivity contribution in [2.45, 2.75) is 31.1 Å². The highest BCUT2D eigenvalue weighted by Gasteiger charge is 2.49. The van der Waals surface area contributed by atoms with Crippen LogP contribution >= 0.6 is 0 Å². The highest BCUT2D eigenvalue weighted by molar-refractivity contribution is 5.81. The number of hydrogen-bond donors (Lipinski definition) is 1. The second-order valence-corrected chi connectivity index (χ2v) is 4.70. The summed E-state index contributed by atoms with van der Waals surface area (Å²) in [5.41, 5.74) is 3.67. The van der Waals surface area contributed by atoms with Crippen LogP contribution in [0.5, 0.6) is 0 Å². The zero-order valence-corrected chi connectivity index (χ0v) is 10.3. The highest BCUT2D eigenvalue weighted by Crippen LogP contribution is 2.40. The van der Waals surface area contributed by atoms with E-state index in [1.165, 1.54) is 7.11 Å². The Bertz CT molecular complexity index is 482. The van der Waals surface area contributed by atoms with Gasteiger partial charge in [0.1, 0.15) is 5.54 Å². The summed E-state index contributed by atoms with van der Waals surface area (Å²) in [4.78, 5) is 11.7. The molecule has 1 aliphatic carbocycles. The van der Waals surface area contributed by atoms with E-state index < -0.39 is 23.4 Å². The second kappa shape index (κ2) is 4.52. The fourth-order valence-electron chi connectivity index (χ4n) is 2.02. The van der Waals surface area contributed by atoms with Gasteiger partial charge in [0.05, 0.1) is 13.7 Å². The number of nitrogens with two attached hydrogens (primary N) is 1. The number of alkyl halides is 3. The molecule has 0 aromatic carbocycles. The van der Waals surface area contributed by atoms with E-state index in [-0.39, 0.29) is 12.5 Å². The first kappa shape index (κ1) is 13.9. The fraction of sp³-hybridized carbons (Fsp3) is 0.636. The van der Waals surface area contributed by atoms with Gasteiger partial charge in [-0.05, 0) is 24.8 Å². The minimum absolute atomic E-state index is 0.0708. The SMILES string of the molecule is COC(=O)C(N)(Cn1ccc(C(F)(F)F)n1)C1CC1. The monoisotopic (exact) mass is 277 g/mol. The molecule has 0 bridgehead atoms. The van der Waals surface area contributed by atoms with Gasteiger partial charge in [-0.1, -0.05) is 0 Å². The molecule has 0 amide bonds. The van der Waals surface area contributed by atoms with Gasteiger partial charge in [0.15, 0.2) is 5.69 Å². The predicted octanol–water partition coefficient (Wildman–Crippen LogP) is 1.18. The molecule has 1 saturated carbocycles. The molecule has 5 nitrogen and oxygen atoms in total. The summed E-state index contributed by atoms with van der Waals surface area (Å²) in [6, 6.07) is 0.852. The molecule has 0 aliphatic heterocycles. The summed E-state index contributed by atoms with van der Waals surface area (Å²) in [6.45, 7) is -0.125. The van der Waals surface area contributed by atoms with Gasteiger partial charge in [-0.3, -0.25) is 4.68 Å². The molecular formula is C11H14F3N3O2. The molecule has 8 heteroatoms. The van der Waals surface area contributed by atoms with E-state index in [2.05, 4.69) is 9.84 Å². The van der Waals surface area contributed by atoms with Gasteiger partial charge in [-0.2, -0.15) is 18.3 Å². The second-order valence-electron chi connectivity index (χ2n) is 4.70. The van der Waals surface area contributed by atoms with Gasteiger partial charge in [0.2, 0.25) is 0 Å². The number of carbonyl (C=O) groups excluding carboxylic acids is 1. The smallest absolute Gasteiger partial charge is 0.435 e. The van der Waals surface area contributed by atoms with Crippen molar-refractivity contribution in [3.8, 4) is 0 Å². The van der Waals surface area contributed by atoms with Crippen LogP contribution in [0.2, 0.25) is 0 Å². The Morgan fingerprint density at radius 2 is 2.21 bits per heavy atom. The van der Waals surface area contributed by atoms with Crippen LogP contribution < -0.4 is 5.73 Å². The van der Waals surface area contributed by atoms with Crippen molar-refractivity contribution in [2.75, 3.05) is 7.11 Å². The van der Waals surface area contributed by atoms with E-state index in [0.29, 0.717) is 0 Å². The van der Waals surface area contributed by atoms with Crippen molar-refractivity contribution in [3.05, 3.63) is 18.0 Å². The molecule has 2 N–H and O–H groups in total. The highest BCUT2D eigenvalue weighted by atomic mass is 19.4. The molecule has 1 heterocycles. The first-order valence-corrected chi connectivity index (χ1v) is 5.75. The predicted molar refractivity (Wildman–Crippen MR) is 58.9 cm³/mol. The van der Waals surface area contributed by atoms with Crippen LogP contribution in [0.4, 0.5) is 13.2 Å². The molecule has 0 radical (unpaired) electrons. The molecule has 106 valence electrons. The zero-order chi connectivity index (χ0) is 14.3. The topological polar surface area (TPSA) is 70.1 Å². The summed E-state index contributed by atoms with van der Waals surface area (Å²) in [7, 11) is 1.20. The Morgan fingerprint density at radius 3 is 2.63 bits per heavy atom. The number of halogens is 3. The van der Waals surface area contributed by atoms with Gasteiger partial charge in [0.25, 0.3) is 0 Å². The minimum atomic E-state index is -4.51. The van der Waals surface area contributed by atoms with Crippen LogP contribution in [0, 0.1) is 5.92 Å². The van der Waals surface area contributed by atoms with Crippen LogP contribution in [0.25, 0.3) is 0 Å². The fourth-order valence-corrected chi connectivity index (χ4v) is 2.02. The molecule has 1 aromatic rings. The Morgan fingerprint density at radius 1 is 1.58 bits per heavy atom. The van der Waals surface area contributed by atoms with E-state index in [1.807, 2.05) is 0 Å². The van der Waals surface area contributed by atoms with Crippen LogP contribution in [0.15, 0.2) is 12.3 Å². The van der Waals surface area contributed by atoms with E-state index in [1.54, 1.807) is 0 Å². The lowest BCUT2D eigenvalue weighted by atomic mass is 9.94. The number of carbonyl (C=O) groups is 1. The number of ether oxygens (including phenoxy) is 1. The van der Waals surface area contributed by atoms with Crippen molar-refractivity contribution >= 4 is 5.97 Å². The molecule has 1 aromatic heterocycles. The van der Waals surface area contributed by atoms with Crippen molar-refractivity contribution in [3.63, 3.8) is 0 Å². The molecule has 1 atom stereocenters. The Kier molecular flexibility index (Phi) is 3.29. The van der Waals surface area contributed by atoms with Crippen molar-refractivity contribution < 1.29 is 22.7 Å². The van der Waals surface area contributed by atoms with E-state index in [0.717, 1.165) is 29.8 Å². The summed E-state index contributed by atoms with van der Waals surface area (Å²) >= 11 is 0. The van der Waals surface area contributed by atoms with Crippen molar-refractivity contribution in [1.29, 1.82) is 0 Å². The number of nitrogens with zero attached hydrogens (tertiary/aromatic N) is 2. The third kappa shape index (κ3) is 2.73. The molecule has 0 saturated heterocycles. The minimum Gasteiger partial charge on any atom is -0.468 e. The molecule has 2 rings (SSSR count). The number of hydrogen-bond acceptors (Lipinski definition) is 4. The normalized spacial score (nSPS) is 19.0. The average molecular weight is 277 g/mol. The van der Waals surface area contributed by atoms with E-state index in [4.69, 9.17) is 5.73 Å². The lowest BCUT2D eigenvalue weighted by Crippen LogP contribution is -2.54. The van der Waals surface area contributed by atoms with Crippen molar-refractivity contribution in [1.82, 2.24) is 9.78 Å².